The molecule has 0 amide bonds. The average Bonchev–Trinajstić information content (AvgIpc) is 3.12. The molecular formula is C17H18O4. The Morgan fingerprint density at radius 3 is 2.62 bits per heavy atom. The second-order valence-corrected chi connectivity index (χ2v) is 5.89. The third kappa shape index (κ3) is 2.24. The number of fused-ring (bicyclic) bond motifs is 1. The van der Waals surface area contributed by atoms with Crippen molar-refractivity contribution in [1.29, 1.82) is 0 Å². The van der Waals surface area contributed by atoms with Crippen molar-refractivity contribution in [1.82, 2.24) is 0 Å². The lowest BCUT2D eigenvalue weighted by Gasteiger charge is -2.11. The summed E-state index contributed by atoms with van der Waals surface area (Å²) >= 11 is 0. The molecule has 2 aliphatic rings. The van der Waals surface area contributed by atoms with Crippen molar-refractivity contribution in [3.63, 3.8) is 0 Å². The van der Waals surface area contributed by atoms with Crippen LogP contribution in [0.4, 0.5) is 0 Å². The normalized spacial score (nSPS) is 17.2. The molecule has 0 unspecified atom stereocenters. The summed E-state index contributed by atoms with van der Waals surface area (Å²) in [6.07, 6.45) is 3.39. The largest absolute Gasteiger partial charge is 0.488 e. The van der Waals surface area contributed by atoms with Crippen LogP contribution in [0.5, 0.6) is 11.5 Å². The van der Waals surface area contributed by atoms with Crippen molar-refractivity contribution in [2.24, 2.45) is 0 Å². The van der Waals surface area contributed by atoms with Gasteiger partial charge in [-0.3, -0.25) is 9.59 Å². The number of hydrogen-bond donors (Lipinski definition) is 0. The summed E-state index contributed by atoms with van der Waals surface area (Å²) in [6.45, 7) is 5.75. The second kappa shape index (κ2) is 4.72. The van der Waals surface area contributed by atoms with E-state index >= 15 is 0 Å². The molecule has 1 aromatic carbocycles. The third-order valence-corrected chi connectivity index (χ3v) is 3.87. The topological polar surface area (TPSA) is 52.6 Å². The van der Waals surface area contributed by atoms with Crippen LogP contribution in [0, 0.1) is 0 Å². The Bertz CT molecular complexity index is 662. The van der Waals surface area contributed by atoms with Crippen molar-refractivity contribution in [3.05, 3.63) is 34.9 Å². The van der Waals surface area contributed by atoms with E-state index in [-0.39, 0.29) is 11.6 Å². The van der Waals surface area contributed by atoms with E-state index in [4.69, 9.17) is 9.47 Å². The summed E-state index contributed by atoms with van der Waals surface area (Å²) < 4.78 is 11.5. The fraction of sp³-hybridized carbons (Fsp3) is 0.412. The third-order valence-electron chi connectivity index (χ3n) is 3.87. The SMILES string of the molecule is CC(=O)c1ccc2c(c1OCC=C(C)C)C(=O)C1(CC1)O2. The molecule has 1 heterocycles. The quantitative estimate of drug-likeness (QED) is 0.629. The first-order valence-corrected chi connectivity index (χ1v) is 7.12. The van der Waals surface area contributed by atoms with Gasteiger partial charge < -0.3 is 9.47 Å². The predicted molar refractivity (Wildman–Crippen MR) is 78.3 cm³/mol. The number of rotatable bonds is 4. The van der Waals surface area contributed by atoms with Crippen LogP contribution in [0.15, 0.2) is 23.8 Å². The lowest BCUT2D eigenvalue weighted by Crippen LogP contribution is -2.22. The van der Waals surface area contributed by atoms with Gasteiger partial charge in [0.2, 0.25) is 5.78 Å². The van der Waals surface area contributed by atoms with E-state index in [0.29, 0.717) is 29.2 Å². The van der Waals surface area contributed by atoms with Crippen molar-refractivity contribution in [3.8, 4) is 11.5 Å². The van der Waals surface area contributed by atoms with Crippen LogP contribution in [-0.2, 0) is 0 Å². The maximum atomic E-state index is 12.5. The molecule has 0 saturated heterocycles. The summed E-state index contributed by atoms with van der Waals surface area (Å²) in [5, 5.41) is 0. The molecule has 1 aliphatic carbocycles. The minimum absolute atomic E-state index is 0.0483. The Kier molecular flexibility index (Phi) is 3.12. The monoisotopic (exact) mass is 286 g/mol. The van der Waals surface area contributed by atoms with E-state index in [9.17, 15) is 9.59 Å². The molecule has 1 aromatic rings. The van der Waals surface area contributed by atoms with Gasteiger partial charge in [0.1, 0.15) is 23.7 Å². The maximum Gasteiger partial charge on any atom is 0.213 e. The van der Waals surface area contributed by atoms with Gasteiger partial charge in [-0.1, -0.05) is 5.57 Å². The Morgan fingerprint density at radius 1 is 1.33 bits per heavy atom. The van der Waals surface area contributed by atoms with Crippen LogP contribution in [0.3, 0.4) is 0 Å². The van der Waals surface area contributed by atoms with Crippen molar-refractivity contribution >= 4 is 11.6 Å². The molecule has 0 bridgehead atoms. The molecule has 1 aliphatic heterocycles. The number of allylic oxidation sites excluding steroid dienone is 1. The summed E-state index contributed by atoms with van der Waals surface area (Å²) in [5.41, 5.74) is 1.31. The zero-order valence-corrected chi connectivity index (χ0v) is 12.5. The molecule has 110 valence electrons. The zero-order chi connectivity index (χ0) is 15.2. The van der Waals surface area contributed by atoms with E-state index in [1.165, 1.54) is 6.92 Å². The molecule has 3 rings (SSSR count). The first-order valence-electron chi connectivity index (χ1n) is 7.12. The van der Waals surface area contributed by atoms with E-state index in [1.807, 2.05) is 19.9 Å². The van der Waals surface area contributed by atoms with Crippen LogP contribution >= 0.6 is 0 Å². The Morgan fingerprint density at radius 2 is 2.05 bits per heavy atom. The molecule has 1 saturated carbocycles. The standard InChI is InChI=1S/C17H18O4/c1-10(2)6-9-20-15-12(11(3)18)4-5-13-14(15)16(19)17(21-13)7-8-17/h4-6H,7-9H2,1-3H3. The minimum Gasteiger partial charge on any atom is -0.488 e. The van der Waals surface area contributed by atoms with E-state index in [2.05, 4.69) is 0 Å². The zero-order valence-electron chi connectivity index (χ0n) is 12.5. The summed E-state index contributed by atoms with van der Waals surface area (Å²) in [4.78, 5) is 24.3. The van der Waals surface area contributed by atoms with Crippen LogP contribution in [-0.4, -0.2) is 23.8 Å². The van der Waals surface area contributed by atoms with Gasteiger partial charge in [0.05, 0.1) is 5.56 Å². The number of ether oxygens (including phenoxy) is 2. The molecular weight excluding hydrogens is 268 g/mol. The highest BCUT2D eigenvalue weighted by molar-refractivity contribution is 6.13. The number of carbonyl (C=O) groups excluding carboxylic acids is 2. The van der Waals surface area contributed by atoms with Gasteiger partial charge in [-0.2, -0.15) is 0 Å². The number of ketones is 2. The highest BCUT2D eigenvalue weighted by Crippen LogP contribution is 2.52. The first kappa shape index (κ1) is 13.9. The van der Waals surface area contributed by atoms with Gasteiger partial charge in [-0.05, 0) is 51.8 Å². The van der Waals surface area contributed by atoms with Gasteiger partial charge in [-0.25, -0.2) is 0 Å². The van der Waals surface area contributed by atoms with Crippen LogP contribution in [0.1, 0.15) is 54.3 Å². The van der Waals surface area contributed by atoms with Gasteiger partial charge >= 0.3 is 0 Å². The fourth-order valence-electron chi connectivity index (χ4n) is 2.51. The molecule has 0 radical (unpaired) electrons. The maximum absolute atomic E-state index is 12.5. The minimum atomic E-state index is -0.674. The molecule has 4 nitrogen and oxygen atoms in total. The number of hydrogen-bond acceptors (Lipinski definition) is 4. The number of benzene rings is 1. The second-order valence-electron chi connectivity index (χ2n) is 5.89. The highest BCUT2D eigenvalue weighted by atomic mass is 16.5. The molecule has 1 fully saturated rings. The van der Waals surface area contributed by atoms with E-state index < -0.39 is 5.60 Å². The van der Waals surface area contributed by atoms with E-state index in [1.54, 1.807) is 12.1 Å². The summed E-state index contributed by atoms with van der Waals surface area (Å²) in [5.74, 6) is 0.739. The van der Waals surface area contributed by atoms with Crippen LogP contribution in [0.2, 0.25) is 0 Å². The molecule has 0 aromatic heterocycles. The fourth-order valence-corrected chi connectivity index (χ4v) is 2.51. The van der Waals surface area contributed by atoms with Crippen molar-refractivity contribution in [2.45, 2.75) is 39.2 Å². The first-order chi connectivity index (χ1) is 9.94. The number of Topliss-reactive ketones (excluding diaryl/α,β-unsaturated/α-hetero) is 2. The van der Waals surface area contributed by atoms with Crippen molar-refractivity contribution in [2.75, 3.05) is 6.61 Å². The van der Waals surface area contributed by atoms with E-state index in [0.717, 1.165) is 18.4 Å². The average molecular weight is 286 g/mol. The molecule has 0 N–H and O–H groups in total. The summed E-state index contributed by atoms with van der Waals surface area (Å²) in [6, 6.07) is 3.37. The molecule has 4 heteroatoms. The molecule has 21 heavy (non-hydrogen) atoms. The highest BCUT2D eigenvalue weighted by Gasteiger charge is 2.59. The van der Waals surface area contributed by atoms with Gasteiger partial charge in [0, 0.05) is 0 Å². The Hall–Kier alpha value is -2.10. The molecule has 1 spiro atoms. The number of carbonyl (C=O) groups is 2. The Labute approximate surface area is 123 Å². The lowest BCUT2D eigenvalue weighted by molar-refractivity contribution is 0.0818. The van der Waals surface area contributed by atoms with Crippen LogP contribution in [0.25, 0.3) is 0 Å². The van der Waals surface area contributed by atoms with Gasteiger partial charge in [0.15, 0.2) is 11.4 Å². The molecule has 0 atom stereocenters. The van der Waals surface area contributed by atoms with Crippen molar-refractivity contribution < 1.29 is 19.1 Å². The smallest absolute Gasteiger partial charge is 0.213 e. The van der Waals surface area contributed by atoms with Gasteiger partial charge in [0.25, 0.3) is 0 Å². The Balaban J connectivity index is 2.03. The van der Waals surface area contributed by atoms with Gasteiger partial charge in [-0.15, -0.1) is 0 Å². The lowest BCUT2D eigenvalue weighted by atomic mass is 10.0. The summed E-state index contributed by atoms with van der Waals surface area (Å²) in [7, 11) is 0. The predicted octanol–water partition coefficient (Wildman–Crippen LogP) is 3.34. The van der Waals surface area contributed by atoms with Crippen LogP contribution < -0.4 is 9.47 Å².